The van der Waals surface area contributed by atoms with Crippen LogP contribution >= 0.6 is 0 Å². The summed E-state index contributed by atoms with van der Waals surface area (Å²) >= 11 is 0. The van der Waals surface area contributed by atoms with Crippen LogP contribution in [0.3, 0.4) is 0 Å². The molecule has 1 aromatic carbocycles. The van der Waals surface area contributed by atoms with Gasteiger partial charge in [-0.2, -0.15) is 0 Å². The number of carbonyl (C=O) groups excluding carboxylic acids is 1. The number of halogens is 4. The number of primary amides is 1. The minimum atomic E-state index is -4.81. The molecular weight excluding hydrogens is 368 g/mol. The summed E-state index contributed by atoms with van der Waals surface area (Å²) in [6, 6.07) is 4.42. The van der Waals surface area contributed by atoms with Gasteiger partial charge in [-0.15, -0.1) is 13.2 Å². The van der Waals surface area contributed by atoms with Gasteiger partial charge in [-0.3, -0.25) is 4.79 Å². The number of rotatable bonds is 10. The molecule has 0 radical (unpaired) electrons. The van der Waals surface area contributed by atoms with Crippen molar-refractivity contribution in [1.29, 1.82) is 0 Å². The van der Waals surface area contributed by atoms with E-state index in [1.807, 2.05) is 0 Å². The summed E-state index contributed by atoms with van der Waals surface area (Å²) in [4.78, 5) is 11.5. The van der Waals surface area contributed by atoms with Crippen molar-refractivity contribution in [2.45, 2.75) is 63.7 Å². The van der Waals surface area contributed by atoms with Crippen LogP contribution in [0.2, 0.25) is 0 Å². The molecule has 0 aromatic heterocycles. The first-order chi connectivity index (χ1) is 12.3. The molecule has 0 spiro atoms. The molecule has 3 atom stereocenters. The van der Waals surface area contributed by atoms with Gasteiger partial charge in [0.1, 0.15) is 11.4 Å². The number of carbonyl (C=O) groups is 1. The summed E-state index contributed by atoms with van der Waals surface area (Å²) in [6.45, 7) is 2.76. The zero-order valence-electron chi connectivity index (χ0n) is 15.3. The Bertz CT molecular complexity index is 617. The third-order valence-corrected chi connectivity index (χ3v) is 4.11. The fraction of sp³-hybridized carbons (Fsp3) is 0.611. The van der Waals surface area contributed by atoms with E-state index >= 15 is 0 Å². The van der Waals surface area contributed by atoms with Crippen molar-refractivity contribution in [2.24, 2.45) is 17.4 Å². The van der Waals surface area contributed by atoms with Gasteiger partial charge in [-0.25, -0.2) is 4.39 Å². The summed E-state index contributed by atoms with van der Waals surface area (Å²) < 4.78 is 54.3. The maximum atomic E-state index is 13.6. The van der Waals surface area contributed by atoms with E-state index in [-0.39, 0.29) is 31.4 Å². The SMILES string of the molecule is CC(C)(F)CCC(CC(O)C(N)Cc1cccc(OC(F)(F)F)c1)C(N)=O. The van der Waals surface area contributed by atoms with E-state index in [4.69, 9.17) is 11.5 Å². The number of hydrogen-bond donors (Lipinski definition) is 3. The molecule has 9 heteroatoms. The molecule has 1 rings (SSSR count). The number of aliphatic hydroxyl groups excluding tert-OH is 1. The van der Waals surface area contributed by atoms with Crippen molar-refractivity contribution in [3.8, 4) is 5.75 Å². The molecule has 0 bridgehead atoms. The largest absolute Gasteiger partial charge is 0.573 e. The molecule has 154 valence electrons. The molecule has 3 unspecified atom stereocenters. The minimum Gasteiger partial charge on any atom is -0.406 e. The minimum absolute atomic E-state index is 0.0503. The Balaban J connectivity index is 2.68. The third-order valence-electron chi connectivity index (χ3n) is 4.11. The topological polar surface area (TPSA) is 98.6 Å². The quantitative estimate of drug-likeness (QED) is 0.532. The fourth-order valence-electron chi connectivity index (χ4n) is 2.64. The van der Waals surface area contributed by atoms with Gasteiger partial charge >= 0.3 is 6.36 Å². The summed E-state index contributed by atoms with van der Waals surface area (Å²) in [5.41, 5.74) is 10.2. The third kappa shape index (κ3) is 9.58. The molecular formula is C18H26F4N2O3. The number of hydrogen-bond acceptors (Lipinski definition) is 4. The number of amides is 1. The van der Waals surface area contributed by atoms with Crippen LogP contribution in [0, 0.1) is 5.92 Å². The molecule has 0 aliphatic carbocycles. The van der Waals surface area contributed by atoms with Gasteiger partial charge in [0.25, 0.3) is 0 Å². The van der Waals surface area contributed by atoms with E-state index in [2.05, 4.69) is 4.74 Å². The van der Waals surface area contributed by atoms with E-state index < -0.39 is 36.0 Å². The first-order valence-electron chi connectivity index (χ1n) is 8.53. The number of alkyl halides is 4. The number of ether oxygens (including phenoxy) is 1. The number of benzene rings is 1. The molecule has 0 aliphatic heterocycles. The average molecular weight is 394 g/mol. The molecule has 0 saturated heterocycles. The highest BCUT2D eigenvalue weighted by Crippen LogP contribution is 2.25. The Kier molecular flexibility index (Phi) is 8.04. The Hall–Kier alpha value is -1.87. The lowest BCUT2D eigenvalue weighted by Gasteiger charge is -2.24. The summed E-state index contributed by atoms with van der Waals surface area (Å²) in [5.74, 6) is -1.80. The van der Waals surface area contributed by atoms with Gasteiger partial charge < -0.3 is 21.3 Å². The standard InChI is InChI=1S/C18H26F4N2O3/c1-17(2,19)7-6-12(16(24)26)10-15(25)14(23)9-11-4-3-5-13(8-11)27-18(20,21)22/h3-5,8,12,14-15,25H,6-7,9-10,23H2,1-2H3,(H2,24,26). The van der Waals surface area contributed by atoms with Gasteiger partial charge in [0.05, 0.1) is 6.10 Å². The van der Waals surface area contributed by atoms with Crippen LogP contribution in [0.4, 0.5) is 17.6 Å². The second-order valence-electron chi connectivity index (χ2n) is 7.22. The summed E-state index contributed by atoms with van der Waals surface area (Å²) in [6.07, 6.45) is -5.66. The number of aliphatic hydroxyl groups is 1. The highest BCUT2D eigenvalue weighted by atomic mass is 19.4. The zero-order chi connectivity index (χ0) is 20.8. The highest BCUT2D eigenvalue weighted by molar-refractivity contribution is 5.76. The normalized spacial score (nSPS) is 15.9. The highest BCUT2D eigenvalue weighted by Gasteiger charge is 2.31. The van der Waals surface area contributed by atoms with Crippen LogP contribution in [0.5, 0.6) is 5.75 Å². The monoisotopic (exact) mass is 394 g/mol. The van der Waals surface area contributed by atoms with Gasteiger partial charge in [0, 0.05) is 12.0 Å². The van der Waals surface area contributed by atoms with Gasteiger partial charge in [-0.1, -0.05) is 12.1 Å². The van der Waals surface area contributed by atoms with Crippen molar-refractivity contribution in [3.63, 3.8) is 0 Å². The first-order valence-corrected chi connectivity index (χ1v) is 8.53. The Morgan fingerprint density at radius 2 is 1.89 bits per heavy atom. The Labute approximate surface area is 155 Å². The lowest BCUT2D eigenvalue weighted by atomic mass is 9.88. The molecule has 0 heterocycles. The summed E-state index contributed by atoms with van der Waals surface area (Å²) in [7, 11) is 0. The molecule has 0 aliphatic rings. The number of nitrogens with two attached hydrogens (primary N) is 2. The predicted octanol–water partition coefficient (Wildman–Crippen LogP) is 2.84. The van der Waals surface area contributed by atoms with Crippen molar-refractivity contribution >= 4 is 5.91 Å². The lowest BCUT2D eigenvalue weighted by molar-refractivity contribution is -0.274. The van der Waals surface area contributed by atoms with Crippen molar-refractivity contribution in [3.05, 3.63) is 29.8 Å². The van der Waals surface area contributed by atoms with E-state index in [0.29, 0.717) is 5.56 Å². The molecule has 27 heavy (non-hydrogen) atoms. The van der Waals surface area contributed by atoms with Crippen LogP contribution in [0.25, 0.3) is 0 Å². The van der Waals surface area contributed by atoms with Crippen molar-refractivity contribution < 1.29 is 32.2 Å². The molecule has 0 saturated carbocycles. The maximum absolute atomic E-state index is 13.6. The van der Waals surface area contributed by atoms with E-state index in [9.17, 15) is 27.5 Å². The van der Waals surface area contributed by atoms with Gasteiger partial charge in [0.2, 0.25) is 5.91 Å². The van der Waals surface area contributed by atoms with Gasteiger partial charge in [-0.05, 0) is 57.2 Å². The molecule has 1 amide bonds. The zero-order valence-corrected chi connectivity index (χ0v) is 15.3. The Morgan fingerprint density at radius 3 is 2.41 bits per heavy atom. The predicted molar refractivity (Wildman–Crippen MR) is 92.5 cm³/mol. The second-order valence-corrected chi connectivity index (χ2v) is 7.22. The molecule has 0 fully saturated rings. The summed E-state index contributed by atoms with van der Waals surface area (Å²) in [5, 5.41) is 10.2. The molecule has 5 nitrogen and oxygen atoms in total. The van der Waals surface area contributed by atoms with E-state index in [1.165, 1.54) is 26.0 Å². The van der Waals surface area contributed by atoms with E-state index in [1.54, 1.807) is 6.07 Å². The van der Waals surface area contributed by atoms with Gasteiger partial charge in [0.15, 0.2) is 0 Å². The molecule has 1 aromatic rings. The van der Waals surface area contributed by atoms with Crippen LogP contribution in [-0.4, -0.2) is 35.2 Å². The van der Waals surface area contributed by atoms with E-state index in [0.717, 1.165) is 6.07 Å². The Morgan fingerprint density at radius 1 is 1.26 bits per heavy atom. The fourth-order valence-corrected chi connectivity index (χ4v) is 2.64. The average Bonchev–Trinajstić information content (AvgIpc) is 2.48. The van der Waals surface area contributed by atoms with Crippen LogP contribution < -0.4 is 16.2 Å². The van der Waals surface area contributed by atoms with Crippen LogP contribution in [0.15, 0.2) is 24.3 Å². The second kappa shape index (κ2) is 9.36. The lowest BCUT2D eigenvalue weighted by Crippen LogP contribution is -2.40. The van der Waals surface area contributed by atoms with Crippen LogP contribution in [-0.2, 0) is 11.2 Å². The molecule has 5 N–H and O–H groups in total. The maximum Gasteiger partial charge on any atom is 0.573 e. The van der Waals surface area contributed by atoms with Crippen LogP contribution in [0.1, 0.15) is 38.7 Å². The van der Waals surface area contributed by atoms with Crippen molar-refractivity contribution in [2.75, 3.05) is 0 Å². The van der Waals surface area contributed by atoms with Crippen molar-refractivity contribution in [1.82, 2.24) is 0 Å². The smallest absolute Gasteiger partial charge is 0.406 e. The first kappa shape index (κ1) is 23.2.